The van der Waals surface area contributed by atoms with Crippen LogP contribution in [0.5, 0.6) is 0 Å². The first-order valence-corrected chi connectivity index (χ1v) is 8.35. The van der Waals surface area contributed by atoms with E-state index in [-0.39, 0.29) is 0 Å². The number of hydrogen-bond acceptors (Lipinski definition) is 2. The summed E-state index contributed by atoms with van der Waals surface area (Å²) in [5, 5.41) is 0. The molecule has 4 aromatic rings. The van der Waals surface area contributed by atoms with Gasteiger partial charge in [0.25, 0.3) is 0 Å². The summed E-state index contributed by atoms with van der Waals surface area (Å²) in [4.78, 5) is 9.18. The zero-order valence-corrected chi connectivity index (χ0v) is 14.1. The van der Waals surface area contributed by atoms with Gasteiger partial charge in [0.15, 0.2) is 5.82 Å². The summed E-state index contributed by atoms with van der Waals surface area (Å²) in [5.41, 5.74) is 6.71. The first-order valence-electron chi connectivity index (χ1n) is 8.35. The van der Waals surface area contributed by atoms with Gasteiger partial charge in [-0.25, -0.2) is 9.97 Å². The van der Waals surface area contributed by atoms with Crippen LogP contribution in [-0.4, -0.2) is 9.97 Å². The van der Waals surface area contributed by atoms with Crippen LogP contribution in [0.2, 0.25) is 0 Å². The summed E-state index contributed by atoms with van der Waals surface area (Å²) in [5.74, 6) is 0.758. The van der Waals surface area contributed by atoms with E-state index in [2.05, 4.69) is 72.6 Å². The molecule has 0 bridgehead atoms. The van der Waals surface area contributed by atoms with Gasteiger partial charge in [-0.1, -0.05) is 78.4 Å². The van der Waals surface area contributed by atoms with E-state index in [1.54, 1.807) is 0 Å². The average Bonchev–Trinajstić information content (AvgIpc) is 2.69. The van der Waals surface area contributed by atoms with Gasteiger partial charge in [-0.3, -0.25) is 0 Å². The minimum absolute atomic E-state index is 0.758. The third kappa shape index (κ3) is 3.33. The molecule has 2 nitrogen and oxygen atoms in total. The fraction of sp³-hybridized carbons (Fsp3) is 0.0435. The Balaban J connectivity index is 1.67. The molecule has 0 saturated heterocycles. The van der Waals surface area contributed by atoms with Gasteiger partial charge in [-0.15, -0.1) is 0 Å². The third-order valence-corrected chi connectivity index (χ3v) is 4.22. The topological polar surface area (TPSA) is 25.8 Å². The Hall–Kier alpha value is -3.26. The molecule has 0 fully saturated rings. The molecule has 25 heavy (non-hydrogen) atoms. The van der Waals surface area contributed by atoms with Gasteiger partial charge in [0, 0.05) is 17.3 Å². The van der Waals surface area contributed by atoms with Gasteiger partial charge < -0.3 is 0 Å². The molecule has 0 aliphatic carbocycles. The number of aromatic nitrogens is 2. The van der Waals surface area contributed by atoms with Crippen molar-refractivity contribution in [2.45, 2.75) is 6.92 Å². The lowest BCUT2D eigenvalue weighted by molar-refractivity contribution is 1.18. The quantitative estimate of drug-likeness (QED) is 0.477. The van der Waals surface area contributed by atoms with Gasteiger partial charge in [-0.2, -0.15) is 0 Å². The monoisotopic (exact) mass is 322 g/mol. The molecule has 1 aromatic heterocycles. The van der Waals surface area contributed by atoms with Crippen molar-refractivity contribution in [1.82, 2.24) is 9.97 Å². The van der Waals surface area contributed by atoms with Crippen molar-refractivity contribution in [3.63, 3.8) is 0 Å². The maximum absolute atomic E-state index is 4.75. The highest BCUT2D eigenvalue weighted by Gasteiger charge is 2.05. The summed E-state index contributed by atoms with van der Waals surface area (Å²) in [6, 6.07) is 29.1. The first kappa shape index (κ1) is 15.3. The van der Waals surface area contributed by atoms with Crippen LogP contribution in [-0.2, 0) is 0 Å². The van der Waals surface area contributed by atoms with Crippen molar-refractivity contribution in [3.8, 4) is 33.8 Å². The Morgan fingerprint density at radius 3 is 2.04 bits per heavy atom. The van der Waals surface area contributed by atoms with Gasteiger partial charge >= 0.3 is 0 Å². The molecule has 0 saturated carbocycles. The molecule has 0 unspecified atom stereocenters. The molecule has 3 aromatic carbocycles. The summed E-state index contributed by atoms with van der Waals surface area (Å²) in [6.07, 6.45) is 1.82. The van der Waals surface area contributed by atoms with Crippen molar-refractivity contribution in [1.29, 1.82) is 0 Å². The summed E-state index contributed by atoms with van der Waals surface area (Å²) < 4.78 is 0. The lowest BCUT2D eigenvalue weighted by atomic mass is 10.0. The number of benzene rings is 3. The van der Waals surface area contributed by atoms with E-state index in [1.807, 2.05) is 30.5 Å². The van der Waals surface area contributed by atoms with Crippen LogP contribution < -0.4 is 0 Å². The van der Waals surface area contributed by atoms with Gasteiger partial charge in [0.05, 0.1) is 5.69 Å². The molecule has 2 heteroatoms. The van der Waals surface area contributed by atoms with Crippen molar-refractivity contribution >= 4 is 0 Å². The second-order valence-corrected chi connectivity index (χ2v) is 6.08. The van der Waals surface area contributed by atoms with E-state index in [0.29, 0.717) is 0 Å². The Kier molecular flexibility index (Phi) is 4.09. The second-order valence-electron chi connectivity index (χ2n) is 6.08. The molecule has 120 valence electrons. The van der Waals surface area contributed by atoms with Crippen molar-refractivity contribution < 1.29 is 0 Å². The summed E-state index contributed by atoms with van der Waals surface area (Å²) in [6.45, 7) is 2.08. The molecule has 0 spiro atoms. The lowest BCUT2D eigenvalue weighted by Crippen LogP contribution is -1.92. The Morgan fingerprint density at radius 2 is 1.28 bits per heavy atom. The van der Waals surface area contributed by atoms with Crippen molar-refractivity contribution in [2.24, 2.45) is 0 Å². The highest BCUT2D eigenvalue weighted by Crippen LogP contribution is 2.25. The van der Waals surface area contributed by atoms with E-state index in [1.165, 1.54) is 16.7 Å². The Bertz CT molecular complexity index is 990. The van der Waals surface area contributed by atoms with Crippen LogP contribution in [0.15, 0.2) is 91.1 Å². The first-order chi connectivity index (χ1) is 12.3. The predicted molar refractivity (Wildman–Crippen MR) is 103 cm³/mol. The van der Waals surface area contributed by atoms with E-state index in [0.717, 1.165) is 22.6 Å². The molecule has 0 N–H and O–H groups in total. The minimum Gasteiger partial charge on any atom is -0.237 e. The van der Waals surface area contributed by atoms with Gasteiger partial charge in [-0.05, 0) is 30.2 Å². The van der Waals surface area contributed by atoms with Crippen LogP contribution in [0.1, 0.15) is 5.56 Å². The molecule has 4 rings (SSSR count). The molecule has 0 aliphatic rings. The summed E-state index contributed by atoms with van der Waals surface area (Å²) in [7, 11) is 0. The number of aryl methyl sites for hydroxylation is 1. The maximum atomic E-state index is 4.75. The van der Waals surface area contributed by atoms with Crippen LogP contribution in [0.3, 0.4) is 0 Å². The normalized spacial score (nSPS) is 10.6. The van der Waals surface area contributed by atoms with Crippen LogP contribution >= 0.6 is 0 Å². The molecule has 1 heterocycles. The highest BCUT2D eigenvalue weighted by molar-refractivity contribution is 5.69. The number of rotatable bonds is 3. The smallest absolute Gasteiger partial charge is 0.159 e. The average molecular weight is 322 g/mol. The van der Waals surface area contributed by atoms with Crippen molar-refractivity contribution in [2.75, 3.05) is 0 Å². The predicted octanol–water partition coefficient (Wildman–Crippen LogP) is 5.79. The molecule has 0 radical (unpaired) electrons. The molecule has 0 aliphatic heterocycles. The van der Waals surface area contributed by atoms with Crippen LogP contribution in [0, 0.1) is 6.92 Å². The van der Waals surface area contributed by atoms with Gasteiger partial charge in [0.2, 0.25) is 0 Å². The largest absolute Gasteiger partial charge is 0.237 e. The minimum atomic E-state index is 0.758. The fourth-order valence-corrected chi connectivity index (χ4v) is 2.91. The zero-order chi connectivity index (χ0) is 17.1. The number of hydrogen-bond donors (Lipinski definition) is 0. The standard InChI is InChI=1S/C23H18N2/c1-17-6-5-9-21(16-17)23-24-15-14-22(25-23)20-12-10-19(11-13-20)18-7-3-2-4-8-18/h2-16H,1H3. The maximum Gasteiger partial charge on any atom is 0.159 e. The van der Waals surface area contributed by atoms with E-state index >= 15 is 0 Å². The summed E-state index contributed by atoms with van der Waals surface area (Å²) >= 11 is 0. The molecule has 0 atom stereocenters. The second kappa shape index (κ2) is 6.70. The van der Waals surface area contributed by atoms with Crippen LogP contribution in [0.4, 0.5) is 0 Å². The van der Waals surface area contributed by atoms with E-state index in [4.69, 9.17) is 4.98 Å². The molecular formula is C23H18N2. The van der Waals surface area contributed by atoms with E-state index in [9.17, 15) is 0 Å². The molecule has 0 amide bonds. The Morgan fingerprint density at radius 1 is 0.600 bits per heavy atom. The van der Waals surface area contributed by atoms with Gasteiger partial charge in [0.1, 0.15) is 0 Å². The fourth-order valence-electron chi connectivity index (χ4n) is 2.91. The molecular weight excluding hydrogens is 304 g/mol. The van der Waals surface area contributed by atoms with Crippen molar-refractivity contribution in [3.05, 3.63) is 96.7 Å². The number of nitrogens with zero attached hydrogens (tertiary/aromatic N) is 2. The third-order valence-electron chi connectivity index (χ3n) is 4.22. The lowest BCUT2D eigenvalue weighted by Gasteiger charge is -2.06. The van der Waals surface area contributed by atoms with E-state index < -0.39 is 0 Å². The Labute approximate surface area is 147 Å². The highest BCUT2D eigenvalue weighted by atomic mass is 14.9. The SMILES string of the molecule is Cc1cccc(-c2nccc(-c3ccc(-c4ccccc4)cc3)n2)c1. The zero-order valence-electron chi connectivity index (χ0n) is 14.1. The van der Waals surface area contributed by atoms with Crippen LogP contribution in [0.25, 0.3) is 33.8 Å².